The number of fused-ring (bicyclic) bond motifs is 1. The van der Waals surface area contributed by atoms with Gasteiger partial charge in [0, 0.05) is 0 Å². The zero-order chi connectivity index (χ0) is 18.7. The van der Waals surface area contributed by atoms with E-state index in [4.69, 9.17) is 4.74 Å². The largest absolute Gasteiger partial charge is 0.490 e. The van der Waals surface area contributed by atoms with E-state index in [2.05, 4.69) is 39.6 Å². The van der Waals surface area contributed by atoms with Crippen LogP contribution in [0.4, 0.5) is 0 Å². The zero-order valence-electron chi connectivity index (χ0n) is 14.4. The van der Waals surface area contributed by atoms with E-state index < -0.39 is 11.2 Å². The van der Waals surface area contributed by atoms with Gasteiger partial charge in [-0.25, -0.2) is 4.79 Å². The lowest BCUT2D eigenvalue weighted by Crippen LogP contribution is -2.32. The van der Waals surface area contributed by atoms with Crippen molar-refractivity contribution in [3.8, 4) is 5.75 Å². The summed E-state index contributed by atoms with van der Waals surface area (Å²) in [7, 11) is 0. The second-order valence-electron chi connectivity index (χ2n) is 5.86. The van der Waals surface area contributed by atoms with Crippen LogP contribution in [0.25, 0.3) is 10.9 Å². The van der Waals surface area contributed by atoms with E-state index >= 15 is 0 Å². The third-order valence-electron chi connectivity index (χ3n) is 3.97. The smallest absolute Gasteiger partial charge is 0.349 e. The van der Waals surface area contributed by atoms with Crippen molar-refractivity contribution in [2.75, 3.05) is 0 Å². The van der Waals surface area contributed by atoms with Gasteiger partial charge in [0.25, 0.3) is 5.56 Å². The van der Waals surface area contributed by atoms with Crippen LogP contribution in [0.5, 0.6) is 5.75 Å². The van der Waals surface area contributed by atoms with Crippen LogP contribution in [-0.4, -0.2) is 22.0 Å². The average molecular weight is 463 g/mol. The van der Waals surface area contributed by atoms with E-state index in [0.29, 0.717) is 10.9 Å². The number of H-pyrrole nitrogens is 1. The van der Waals surface area contributed by atoms with Crippen LogP contribution in [-0.2, 0) is 0 Å². The maximum absolute atomic E-state index is 12.5. The van der Waals surface area contributed by atoms with E-state index in [1.54, 1.807) is 24.3 Å². The second kappa shape index (κ2) is 7.86. The number of hydrogen-bond donors (Lipinski definition) is 1. The Morgan fingerprint density at radius 2 is 2.04 bits per heavy atom. The van der Waals surface area contributed by atoms with Gasteiger partial charge in [-0.05, 0) is 71.8 Å². The molecular formula is C19H18IN3O3. The number of nitrogens with one attached hydrogen (secondary N) is 1. The lowest BCUT2D eigenvalue weighted by atomic mass is 10.2. The van der Waals surface area contributed by atoms with Crippen molar-refractivity contribution in [3.05, 3.63) is 72.4 Å². The standard InChI is InChI=1S/C19H18IN3O3/c1-3-12(2)26-17-9-8-13(10-15(17)20)11-21-23-18(24)14-6-4-5-7-16(14)22-19(23)25/h4-12H,3H2,1-2H3,(H,22,25). The van der Waals surface area contributed by atoms with Crippen molar-refractivity contribution in [2.24, 2.45) is 5.10 Å². The van der Waals surface area contributed by atoms with E-state index in [-0.39, 0.29) is 6.10 Å². The third-order valence-corrected chi connectivity index (χ3v) is 4.81. The van der Waals surface area contributed by atoms with Crippen LogP contribution in [0.1, 0.15) is 25.8 Å². The topological polar surface area (TPSA) is 76.5 Å². The average Bonchev–Trinajstić information content (AvgIpc) is 2.63. The maximum Gasteiger partial charge on any atom is 0.349 e. The fraction of sp³-hybridized carbons (Fsp3) is 0.211. The Morgan fingerprint density at radius 3 is 2.77 bits per heavy atom. The molecule has 1 aromatic heterocycles. The summed E-state index contributed by atoms with van der Waals surface area (Å²) in [6, 6.07) is 12.4. The first-order chi connectivity index (χ1) is 12.5. The Hall–Kier alpha value is -2.42. The first-order valence-corrected chi connectivity index (χ1v) is 9.32. The number of nitrogens with zero attached hydrogens (tertiary/aromatic N) is 2. The zero-order valence-corrected chi connectivity index (χ0v) is 16.6. The van der Waals surface area contributed by atoms with Gasteiger partial charge < -0.3 is 9.72 Å². The Bertz CT molecular complexity index is 1090. The van der Waals surface area contributed by atoms with Crippen molar-refractivity contribution >= 4 is 39.7 Å². The van der Waals surface area contributed by atoms with Gasteiger partial charge >= 0.3 is 5.69 Å². The monoisotopic (exact) mass is 463 g/mol. The molecule has 1 heterocycles. The number of rotatable bonds is 5. The van der Waals surface area contributed by atoms with Crippen molar-refractivity contribution in [3.63, 3.8) is 0 Å². The van der Waals surface area contributed by atoms with Crippen LogP contribution in [0, 0.1) is 3.57 Å². The summed E-state index contributed by atoms with van der Waals surface area (Å²) in [5.74, 6) is 0.804. The normalized spacial score (nSPS) is 12.6. The lowest BCUT2D eigenvalue weighted by molar-refractivity contribution is 0.216. The molecule has 0 aliphatic carbocycles. The highest BCUT2D eigenvalue weighted by atomic mass is 127. The molecule has 1 atom stereocenters. The minimum absolute atomic E-state index is 0.137. The highest BCUT2D eigenvalue weighted by molar-refractivity contribution is 14.1. The molecule has 0 spiro atoms. The molecule has 0 fully saturated rings. The Balaban J connectivity index is 1.93. The first kappa shape index (κ1) is 18.4. The number of ether oxygens (including phenoxy) is 1. The summed E-state index contributed by atoms with van der Waals surface area (Å²) < 4.78 is 7.61. The van der Waals surface area contributed by atoms with Crippen LogP contribution in [0.3, 0.4) is 0 Å². The van der Waals surface area contributed by atoms with Gasteiger partial charge in [-0.2, -0.15) is 5.10 Å². The molecule has 0 radical (unpaired) electrons. The molecule has 1 unspecified atom stereocenters. The number of para-hydroxylation sites is 1. The predicted octanol–water partition coefficient (Wildman–Crippen LogP) is 3.35. The molecule has 3 rings (SSSR count). The summed E-state index contributed by atoms with van der Waals surface area (Å²) in [6.07, 6.45) is 2.55. The van der Waals surface area contributed by atoms with Crippen LogP contribution >= 0.6 is 22.6 Å². The van der Waals surface area contributed by atoms with Gasteiger partial charge in [-0.15, -0.1) is 4.68 Å². The molecule has 0 amide bonds. The highest BCUT2D eigenvalue weighted by Gasteiger charge is 2.07. The molecule has 0 saturated heterocycles. The highest BCUT2D eigenvalue weighted by Crippen LogP contribution is 2.23. The summed E-state index contributed by atoms with van der Waals surface area (Å²) in [5.41, 5.74) is 0.240. The molecule has 134 valence electrons. The van der Waals surface area contributed by atoms with Gasteiger partial charge in [0.15, 0.2) is 0 Å². The molecule has 3 aromatic rings. The van der Waals surface area contributed by atoms with Crippen molar-refractivity contribution in [1.82, 2.24) is 9.66 Å². The van der Waals surface area contributed by atoms with Crippen molar-refractivity contribution in [1.29, 1.82) is 0 Å². The number of halogens is 1. The summed E-state index contributed by atoms with van der Waals surface area (Å²) in [5, 5.41) is 4.48. The van der Waals surface area contributed by atoms with Gasteiger partial charge in [0.1, 0.15) is 5.75 Å². The number of benzene rings is 2. The summed E-state index contributed by atoms with van der Waals surface area (Å²) >= 11 is 2.19. The maximum atomic E-state index is 12.5. The predicted molar refractivity (Wildman–Crippen MR) is 111 cm³/mol. The summed E-state index contributed by atoms with van der Waals surface area (Å²) in [6.45, 7) is 4.08. The molecule has 2 aromatic carbocycles. The number of aromatic amines is 1. The van der Waals surface area contributed by atoms with Gasteiger partial charge in [-0.1, -0.05) is 19.1 Å². The molecule has 0 aliphatic rings. The van der Waals surface area contributed by atoms with Crippen LogP contribution in [0.15, 0.2) is 57.2 Å². The molecular weight excluding hydrogens is 445 g/mol. The molecule has 26 heavy (non-hydrogen) atoms. The molecule has 7 heteroatoms. The van der Waals surface area contributed by atoms with Gasteiger partial charge in [0.2, 0.25) is 0 Å². The fourth-order valence-corrected chi connectivity index (χ4v) is 3.04. The molecule has 6 nitrogen and oxygen atoms in total. The molecule has 1 N–H and O–H groups in total. The number of hydrogen-bond acceptors (Lipinski definition) is 4. The lowest BCUT2D eigenvalue weighted by Gasteiger charge is -2.14. The molecule has 0 saturated carbocycles. The minimum atomic E-state index is -0.573. The third kappa shape index (κ3) is 3.87. The van der Waals surface area contributed by atoms with Crippen LogP contribution in [0.2, 0.25) is 0 Å². The number of aromatic nitrogens is 2. The summed E-state index contributed by atoms with van der Waals surface area (Å²) in [4.78, 5) is 27.2. The van der Waals surface area contributed by atoms with Gasteiger partial charge in [0.05, 0.1) is 26.8 Å². The Labute approximate surface area is 163 Å². The van der Waals surface area contributed by atoms with Crippen molar-refractivity contribution < 1.29 is 4.74 Å². The second-order valence-corrected chi connectivity index (χ2v) is 7.03. The van der Waals surface area contributed by atoms with Crippen LogP contribution < -0.4 is 16.0 Å². The van der Waals surface area contributed by atoms with Gasteiger partial charge in [-0.3, -0.25) is 4.79 Å². The SMILES string of the molecule is CCC(C)Oc1ccc(C=Nn2c(=O)[nH]c3ccccc3c2=O)cc1I. The molecule has 0 aliphatic heterocycles. The minimum Gasteiger partial charge on any atom is -0.490 e. The fourth-order valence-electron chi connectivity index (χ4n) is 2.38. The van der Waals surface area contributed by atoms with E-state index in [9.17, 15) is 9.59 Å². The quantitative estimate of drug-likeness (QED) is 0.466. The molecule has 0 bridgehead atoms. The van der Waals surface area contributed by atoms with Crippen molar-refractivity contribution in [2.45, 2.75) is 26.4 Å². The van der Waals surface area contributed by atoms with E-state index in [1.807, 2.05) is 25.1 Å². The first-order valence-electron chi connectivity index (χ1n) is 8.24. The van der Waals surface area contributed by atoms with E-state index in [1.165, 1.54) is 6.21 Å². The Morgan fingerprint density at radius 1 is 1.27 bits per heavy atom. The van der Waals surface area contributed by atoms with E-state index in [0.717, 1.165) is 26.0 Å². The Kier molecular flexibility index (Phi) is 5.55.